The lowest BCUT2D eigenvalue weighted by molar-refractivity contribution is 0.806. The lowest BCUT2D eigenvalue weighted by Crippen LogP contribution is -1.95. The molecular weight excluding hydrogens is 312 g/mol. The molecule has 2 heterocycles. The summed E-state index contributed by atoms with van der Waals surface area (Å²) in [5.41, 5.74) is 4.95. The van der Waals surface area contributed by atoms with Gasteiger partial charge < -0.3 is 4.57 Å². The molecule has 0 aliphatic carbocycles. The average Bonchev–Trinajstić information content (AvgIpc) is 2.90. The van der Waals surface area contributed by atoms with Gasteiger partial charge in [-0.15, -0.1) is 0 Å². The molecule has 0 spiro atoms. The minimum Gasteiger partial charge on any atom is -0.349 e. The first-order chi connectivity index (χ1) is 9.72. The summed E-state index contributed by atoms with van der Waals surface area (Å²) in [5, 5.41) is 0. The van der Waals surface area contributed by atoms with E-state index in [1.54, 1.807) is 0 Å². The number of nitrogens with zero attached hydrogens (tertiary/aromatic N) is 2. The quantitative estimate of drug-likeness (QED) is 0.683. The largest absolute Gasteiger partial charge is 0.349 e. The molecule has 0 saturated heterocycles. The number of pyridine rings is 1. The Morgan fingerprint density at radius 1 is 1.10 bits per heavy atom. The van der Waals surface area contributed by atoms with Crippen molar-refractivity contribution in [3.8, 4) is 11.1 Å². The fourth-order valence-corrected chi connectivity index (χ4v) is 2.53. The topological polar surface area (TPSA) is 17.8 Å². The highest BCUT2D eigenvalue weighted by Gasteiger charge is 2.04. The fraction of sp³-hybridized carbons (Fsp3) is 0.118. The number of aromatic nitrogens is 2. The maximum atomic E-state index is 4.21. The number of rotatable bonds is 3. The number of benzene rings is 1. The Bertz CT molecular complexity index is 714. The average molecular weight is 327 g/mol. The standard InChI is InChI=1S/C17H15BrN2/c1-13-6-8-19-10-17(13)15-7-9-20(12-15)11-14-2-4-16(18)5-3-14/h2-10,12H,11H2,1H3. The van der Waals surface area contributed by atoms with E-state index in [9.17, 15) is 0 Å². The number of hydrogen-bond donors (Lipinski definition) is 0. The molecule has 3 rings (SSSR count). The van der Waals surface area contributed by atoms with Gasteiger partial charge >= 0.3 is 0 Å². The highest BCUT2D eigenvalue weighted by Crippen LogP contribution is 2.23. The zero-order valence-electron chi connectivity index (χ0n) is 11.3. The third-order valence-corrected chi connectivity index (χ3v) is 3.91. The number of halogens is 1. The summed E-state index contributed by atoms with van der Waals surface area (Å²) in [5.74, 6) is 0. The van der Waals surface area contributed by atoms with Crippen molar-refractivity contribution in [1.29, 1.82) is 0 Å². The molecule has 100 valence electrons. The Kier molecular flexibility index (Phi) is 3.70. The third-order valence-electron chi connectivity index (χ3n) is 3.38. The van der Waals surface area contributed by atoms with Crippen LogP contribution in [-0.4, -0.2) is 9.55 Å². The van der Waals surface area contributed by atoms with Gasteiger partial charge in [0.1, 0.15) is 0 Å². The third kappa shape index (κ3) is 2.83. The van der Waals surface area contributed by atoms with Crippen molar-refractivity contribution < 1.29 is 0 Å². The normalized spacial score (nSPS) is 10.7. The second-order valence-electron chi connectivity index (χ2n) is 4.89. The molecule has 3 heteroatoms. The van der Waals surface area contributed by atoms with Gasteiger partial charge in [0.2, 0.25) is 0 Å². The van der Waals surface area contributed by atoms with Crippen LogP contribution >= 0.6 is 15.9 Å². The van der Waals surface area contributed by atoms with Crippen LogP contribution in [0.5, 0.6) is 0 Å². The zero-order chi connectivity index (χ0) is 13.9. The summed E-state index contributed by atoms with van der Waals surface area (Å²) >= 11 is 3.46. The molecule has 0 radical (unpaired) electrons. The Morgan fingerprint density at radius 2 is 1.90 bits per heavy atom. The monoisotopic (exact) mass is 326 g/mol. The Morgan fingerprint density at radius 3 is 2.65 bits per heavy atom. The first kappa shape index (κ1) is 13.1. The maximum absolute atomic E-state index is 4.21. The molecule has 0 aliphatic heterocycles. The molecule has 0 aliphatic rings. The molecular formula is C17H15BrN2. The first-order valence-electron chi connectivity index (χ1n) is 6.53. The van der Waals surface area contributed by atoms with Crippen molar-refractivity contribution in [2.24, 2.45) is 0 Å². The van der Waals surface area contributed by atoms with Crippen molar-refractivity contribution in [3.63, 3.8) is 0 Å². The van der Waals surface area contributed by atoms with Gasteiger partial charge in [0, 0.05) is 46.9 Å². The van der Waals surface area contributed by atoms with Crippen LogP contribution in [-0.2, 0) is 6.54 Å². The van der Waals surface area contributed by atoms with E-state index in [0.717, 1.165) is 11.0 Å². The zero-order valence-corrected chi connectivity index (χ0v) is 12.8. The second kappa shape index (κ2) is 5.63. The van der Waals surface area contributed by atoms with Crippen LogP contribution in [0, 0.1) is 6.92 Å². The molecule has 0 amide bonds. The summed E-state index contributed by atoms with van der Waals surface area (Å²) in [6.45, 7) is 3.00. The highest BCUT2D eigenvalue weighted by molar-refractivity contribution is 9.10. The lowest BCUT2D eigenvalue weighted by atomic mass is 10.1. The van der Waals surface area contributed by atoms with E-state index in [1.165, 1.54) is 22.3 Å². The van der Waals surface area contributed by atoms with Gasteiger partial charge in [-0.3, -0.25) is 4.98 Å². The molecule has 1 aromatic carbocycles. The van der Waals surface area contributed by atoms with Gasteiger partial charge in [-0.2, -0.15) is 0 Å². The smallest absolute Gasteiger partial charge is 0.0470 e. The Labute approximate surface area is 127 Å². The van der Waals surface area contributed by atoms with Crippen molar-refractivity contribution in [2.75, 3.05) is 0 Å². The van der Waals surface area contributed by atoms with E-state index in [4.69, 9.17) is 0 Å². The van der Waals surface area contributed by atoms with Gasteiger partial charge in [-0.1, -0.05) is 28.1 Å². The molecule has 20 heavy (non-hydrogen) atoms. The van der Waals surface area contributed by atoms with E-state index >= 15 is 0 Å². The van der Waals surface area contributed by atoms with E-state index in [0.29, 0.717) is 0 Å². The molecule has 0 fully saturated rings. The van der Waals surface area contributed by atoms with Crippen molar-refractivity contribution >= 4 is 15.9 Å². The van der Waals surface area contributed by atoms with Gasteiger partial charge in [0.15, 0.2) is 0 Å². The summed E-state index contributed by atoms with van der Waals surface area (Å²) in [7, 11) is 0. The van der Waals surface area contributed by atoms with Crippen LogP contribution in [0.25, 0.3) is 11.1 Å². The van der Waals surface area contributed by atoms with Gasteiger partial charge in [-0.25, -0.2) is 0 Å². The summed E-state index contributed by atoms with van der Waals surface area (Å²) < 4.78 is 3.31. The number of hydrogen-bond acceptors (Lipinski definition) is 1. The fourth-order valence-electron chi connectivity index (χ4n) is 2.27. The van der Waals surface area contributed by atoms with Crippen LogP contribution in [0.15, 0.2) is 65.7 Å². The Hall–Kier alpha value is -1.87. The van der Waals surface area contributed by atoms with Gasteiger partial charge in [0.05, 0.1) is 0 Å². The van der Waals surface area contributed by atoms with E-state index < -0.39 is 0 Å². The molecule has 0 N–H and O–H groups in total. The second-order valence-corrected chi connectivity index (χ2v) is 5.81. The highest BCUT2D eigenvalue weighted by atomic mass is 79.9. The van der Waals surface area contributed by atoms with E-state index in [1.807, 2.05) is 18.5 Å². The van der Waals surface area contributed by atoms with Crippen molar-refractivity contribution in [3.05, 3.63) is 76.8 Å². The molecule has 0 bridgehead atoms. The Balaban J connectivity index is 1.84. The van der Waals surface area contributed by atoms with Crippen LogP contribution in [0.4, 0.5) is 0 Å². The molecule has 2 nitrogen and oxygen atoms in total. The van der Waals surface area contributed by atoms with Gasteiger partial charge in [0.25, 0.3) is 0 Å². The lowest BCUT2D eigenvalue weighted by Gasteiger charge is -2.04. The first-order valence-corrected chi connectivity index (χ1v) is 7.33. The summed E-state index contributed by atoms with van der Waals surface area (Å²) in [4.78, 5) is 4.21. The summed E-state index contributed by atoms with van der Waals surface area (Å²) in [6.07, 6.45) is 8.04. The molecule has 0 atom stereocenters. The van der Waals surface area contributed by atoms with E-state index in [-0.39, 0.29) is 0 Å². The van der Waals surface area contributed by atoms with Crippen LogP contribution in [0.3, 0.4) is 0 Å². The van der Waals surface area contributed by atoms with Crippen LogP contribution < -0.4 is 0 Å². The molecule has 0 saturated carbocycles. The van der Waals surface area contributed by atoms with Crippen molar-refractivity contribution in [2.45, 2.75) is 13.5 Å². The molecule has 3 aromatic rings. The van der Waals surface area contributed by atoms with E-state index in [2.05, 4.69) is 75.1 Å². The van der Waals surface area contributed by atoms with Crippen molar-refractivity contribution in [1.82, 2.24) is 9.55 Å². The minimum absolute atomic E-state index is 0.882. The molecule has 2 aromatic heterocycles. The number of aryl methyl sites for hydroxylation is 1. The van der Waals surface area contributed by atoms with Crippen LogP contribution in [0.2, 0.25) is 0 Å². The maximum Gasteiger partial charge on any atom is 0.0470 e. The molecule has 0 unspecified atom stereocenters. The van der Waals surface area contributed by atoms with Gasteiger partial charge in [-0.05, 0) is 42.3 Å². The minimum atomic E-state index is 0.882. The van der Waals surface area contributed by atoms with Crippen LogP contribution in [0.1, 0.15) is 11.1 Å². The predicted molar refractivity (Wildman–Crippen MR) is 85.6 cm³/mol. The summed E-state index contributed by atoms with van der Waals surface area (Å²) in [6, 6.07) is 12.6. The predicted octanol–water partition coefficient (Wildman–Crippen LogP) is 4.67. The SMILES string of the molecule is Cc1ccncc1-c1ccn(Cc2ccc(Br)cc2)c1.